The van der Waals surface area contributed by atoms with E-state index < -0.39 is 18.4 Å². The summed E-state index contributed by atoms with van der Waals surface area (Å²) in [5.41, 5.74) is -1.00. The van der Waals surface area contributed by atoms with Crippen molar-refractivity contribution in [2.45, 2.75) is 32.5 Å². The van der Waals surface area contributed by atoms with Crippen molar-refractivity contribution >= 4 is 0 Å². The summed E-state index contributed by atoms with van der Waals surface area (Å²) < 4.78 is 39.6. The van der Waals surface area contributed by atoms with E-state index in [0.29, 0.717) is 0 Å². The molecule has 0 rings (SSSR count). The van der Waals surface area contributed by atoms with Crippen molar-refractivity contribution in [1.82, 2.24) is 0 Å². The van der Waals surface area contributed by atoms with E-state index in [4.69, 9.17) is 0 Å². The Labute approximate surface area is 58.2 Å². The summed E-state index contributed by atoms with van der Waals surface area (Å²) in [5, 5.41) is 0. The van der Waals surface area contributed by atoms with Gasteiger partial charge in [-0.15, -0.1) is 0 Å². The zero-order valence-electron chi connectivity index (χ0n) is 6.25. The predicted octanol–water partition coefficient (Wildman–Crippen LogP) is 2.36. The quantitative estimate of drug-likeness (QED) is 0.596. The molecule has 0 radical (unpaired) electrons. The van der Waals surface area contributed by atoms with Gasteiger partial charge in [-0.1, -0.05) is 0 Å². The Kier molecular flexibility index (Phi) is 2.71. The highest BCUT2D eigenvalue weighted by Gasteiger charge is 2.35. The lowest BCUT2D eigenvalue weighted by atomic mass is 10.2. The Balaban J connectivity index is 3.89. The molecule has 0 aliphatic carbocycles. The van der Waals surface area contributed by atoms with Crippen LogP contribution in [-0.4, -0.2) is 18.4 Å². The lowest BCUT2D eigenvalue weighted by molar-refractivity contribution is -0.288. The maximum Gasteiger partial charge on any atom is 0.384 e. The minimum atomic E-state index is -3.64. The van der Waals surface area contributed by atoms with E-state index in [9.17, 15) is 13.2 Å². The summed E-state index contributed by atoms with van der Waals surface area (Å²) in [5.74, 6) is 0. The molecule has 0 N–H and O–H groups in total. The highest BCUT2D eigenvalue weighted by atomic mass is 19.3. The summed E-state index contributed by atoms with van der Waals surface area (Å²) in [6.07, 6.45) is -3.64. The average Bonchev–Trinajstić information content (AvgIpc) is 1.60. The van der Waals surface area contributed by atoms with E-state index in [0.717, 1.165) is 0 Å². The summed E-state index contributed by atoms with van der Waals surface area (Å²) >= 11 is 0. The third kappa shape index (κ3) is 4.61. The lowest BCUT2D eigenvalue weighted by Crippen LogP contribution is -2.34. The molecule has 0 unspecified atom stereocenters. The first-order valence-electron chi connectivity index (χ1n) is 2.91. The Hall–Kier alpha value is -0.250. The van der Waals surface area contributed by atoms with Crippen molar-refractivity contribution in [2.75, 3.05) is 6.67 Å². The van der Waals surface area contributed by atoms with E-state index in [2.05, 4.69) is 4.74 Å². The van der Waals surface area contributed by atoms with Crippen LogP contribution in [0.25, 0.3) is 0 Å². The lowest BCUT2D eigenvalue weighted by Gasteiger charge is -2.24. The third-order valence-electron chi connectivity index (χ3n) is 0.611. The summed E-state index contributed by atoms with van der Waals surface area (Å²) in [6, 6.07) is 0. The van der Waals surface area contributed by atoms with Crippen LogP contribution < -0.4 is 0 Å². The number of ether oxygens (including phenoxy) is 1. The Bertz CT molecular complexity index is 106. The van der Waals surface area contributed by atoms with Gasteiger partial charge in [-0.05, 0) is 20.8 Å². The highest BCUT2D eigenvalue weighted by Crippen LogP contribution is 2.23. The molecule has 0 aromatic rings. The molecule has 0 spiro atoms. The van der Waals surface area contributed by atoms with Crippen LogP contribution in [0.2, 0.25) is 0 Å². The van der Waals surface area contributed by atoms with Crippen molar-refractivity contribution in [3.63, 3.8) is 0 Å². The molecule has 0 bridgehead atoms. The van der Waals surface area contributed by atoms with Crippen molar-refractivity contribution < 1.29 is 17.9 Å². The summed E-state index contributed by atoms with van der Waals surface area (Å²) in [6.45, 7) is 2.55. The van der Waals surface area contributed by atoms with Gasteiger partial charge in [0.25, 0.3) is 0 Å². The zero-order valence-corrected chi connectivity index (χ0v) is 6.25. The fourth-order valence-electron chi connectivity index (χ4n) is 0.475. The first-order valence-corrected chi connectivity index (χ1v) is 2.91. The van der Waals surface area contributed by atoms with Crippen molar-refractivity contribution in [3.05, 3.63) is 0 Å². The van der Waals surface area contributed by atoms with Gasteiger partial charge in [-0.2, -0.15) is 8.78 Å². The maximum absolute atomic E-state index is 12.1. The van der Waals surface area contributed by atoms with Crippen molar-refractivity contribution in [3.8, 4) is 0 Å². The largest absolute Gasteiger partial charge is 0.384 e. The molecule has 0 aliphatic heterocycles. The van der Waals surface area contributed by atoms with Crippen LogP contribution in [0.5, 0.6) is 0 Å². The van der Waals surface area contributed by atoms with Gasteiger partial charge in [0.15, 0.2) is 6.67 Å². The smallest absolute Gasteiger partial charge is 0.313 e. The van der Waals surface area contributed by atoms with Gasteiger partial charge in [-0.25, -0.2) is 4.39 Å². The van der Waals surface area contributed by atoms with E-state index in [1.807, 2.05) is 0 Å². The zero-order chi connectivity index (χ0) is 8.41. The van der Waals surface area contributed by atoms with Crippen LogP contribution in [-0.2, 0) is 4.74 Å². The van der Waals surface area contributed by atoms with Gasteiger partial charge in [0.1, 0.15) is 0 Å². The second-order valence-electron chi connectivity index (χ2n) is 2.99. The Morgan fingerprint density at radius 3 is 1.70 bits per heavy atom. The molecule has 0 heterocycles. The molecule has 0 saturated carbocycles. The number of hydrogen-bond donors (Lipinski definition) is 0. The van der Waals surface area contributed by atoms with Crippen LogP contribution >= 0.6 is 0 Å². The molecule has 0 aromatic heterocycles. The van der Waals surface area contributed by atoms with E-state index in [1.165, 1.54) is 20.8 Å². The molecule has 0 aliphatic rings. The molecule has 0 aromatic carbocycles. The van der Waals surface area contributed by atoms with Crippen LogP contribution in [0.3, 0.4) is 0 Å². The number of rotatable bonds is 2. The topological polar surface area (TPSA) is 9.23 Å². The summed E-state index contributed by atoms with van der Waals surface area (Å²) in [7, 11) is 0. The molecule has 62 valence electrons. The summed E-state index contributed by atoms with van der Waals surface area (Å²) in [4.78, 5) is 0. The van der Waals surface area contributed by atoms with Crippen molar-refractivity contribution in [2.24, 2.45) is 0 Å². The van der Waals surface area contributed by atoms with Crippen LogP contribution in [0, 0.1) is 0 Å². The minimum absolute atomic E-state index is 1.00. The number of halogens is 3. The average molecular weight is 156 g/mol. The molecule has 10 heavy (non-hydrogen) atoms. The van der Waals surface area contributed by atoms with Gasteiger partial charge in [-0.3, -0.25) is 0 Å². The molecule has 1 nitrogen and oxygen atoms in total. The second kappa shape index (κ2) is 2.78. The third-order valence-corrected chi connectivity index (χ3v) is 0.611. The Morgan fingerprint density at radius 1 is 1.20 bits per heavy atom. The van der Waals surface area contributed by atoms with Gasteiger partial charge < -0.3 is 4.74 Å². The fraction of sp³-hybridized carbons (Fsp3) is 1.00. The second-order valence-corrected chi connectivity index (χ2v) is 2.99. The van der Waals surface area contributed by atoms with E-state index >= 15 is 0 Å². The van der Waals surface area contributed by atoms with Crippen LogP contribution in [0.15, 0.2) is 0 Å². The van der Waals surface area contributed by atoms with Crippen LogP contribution in [0.1, 0.15) is 20.8 Å². The molecular formula is C6H11F3O. The van der Waals surface area contributed by atoms with Crippen LogP contribution in [0.4, 0.5) is 13.2 Å². The van der Waals surface area contributed by atoms with E-state index in [1.54, 1.807) is 0 Å². The van der Waals surface area contributed by atoms with Crippen molar-refractivity contribution in [1.29, 1.82) is 0 Å². The number of hydrogen-bond acceptors (Lipinski definition) is 1. The molecule has 0 atom stereocenters. The van der Waals surface area contributed by atoms with E-state index in [-0.39, 0.29) is 0 Å². The standard InChI is InChI=1S/C6H11F3O/c1-5(2,3)10-6(8,9)4-7/h4H2,1-3H3. The van der Waals surface area contributed by atoms with Gasteiger partial charge in [0.05, 0.1) is 5.60 Å². The van der Waals surface area contributed by atoms with Gasteiger partial charge >= 0.3 is 6.11 Å². The number of alkyl halides is 3. The maximum atomic E-state index is 12.1. The molecular weight excluding hydrogens is 145 g/mol. The SMILES string of the molecule is CC(C)(C)OC(F)(F)CF. The minimum Gasteiger partial charge on any atom is -0.313 e. The fourth-order valence-corrected chi connectivity index (χ4v) is 0.475. The molecule has 0 fully saturated rings. The monoisotopic (exact) mass is 156 g/mol. The molecule has 0 saturated heterocycles. The predicted molar refractivity (Wildman–Crippen MR) is 31.8 cm³/mol. The first kappa shape index (κ1) is 9.75. The van der Waals surface area contributed by atoms with Gasteiger partial charge in [0.2, 0.25) is 0 Å². The van der Waals surface area contributed by atoms with Gasteiger partial charge in [0, 0.05) is 0 Å². The molecule has 0 amide bonds. The highest BCUT2D eigenvalue weighted by molar-refractivity contribution is 4.63. The normalized spacial score (nSPS) is 13.8. The Morgan fingerprint density at radius 2 is 1.60 bits per heavy atom. The first-order chi connectivity index (χ1) is 4.27. The molecule has 4 heteroatoms.